The molecule has 0 aromatic heterocycles. The van der Waals surface area contributed by atoms with Crippen LogP contribution in [0.25, 0.3) is 0 Å². The maximum atomic E-state index is 12.3. The molecule has 0 aliphatic rings. The Morgan fingerprint density at radius 1 is 0.625 bits per heavy atom. The van der Waals surface area contributed by atoms with E-state index in [-0.39, 0.29) is 11.5 Å². The maximum absolute atomic E-state index is 12.3. The molecule has 0 saturated carbocycles. The van der Waals surface area contributed by atoms with E-state index in [1.807, 2.05) is 0 Å². The van der Waals surface area contributed by atoms with Crippen LogP contribution in [0.2, 0.25) is 0 Å². The summed E-state index contributed by atoms with van der Waals surface area (Å²) < 4.78 is 0. The summed E-state index contributed by atoms with van der Waals surface area (Å²) in [5.41, 5.74) is 7.98. The van der Waals surface area contributed by atoms with Crippen LogP contribution in [0.1, 0.15) is 45.7 Å². The highest BCUT2D eigenvalue weighted by Crippen LogP contribution is 2.13. The molecule has 162 valence electrons. The van der Waals surface area contributed by atoms with Crippen LogP contribution in [0.5, 0.6) is 11.5 Å². The van der Waals surface area contributed by atoms with Crippen molar-refractivity contribution >= 4 is 23.2 Å². The molecule has 2 amide bonds. The third-order valence-electron chi connectivity index (χ3n) is 4.59. The molecule has 0 heterocycles. The molecular weight excluding hydrogens is 408 g/mol. The second-order valence-corrected chi connectivity index (χ2v) is 6.95. The summed E-state index contributed by atoms with van der Waals surface area (Å²) in [5, 5.41) is 27.2. The lowest BCUT2D eigenvalue weighted by molar-refractivity contribution is 0.0943. The lowest BCUT2D eigenvalue weighted by Gasteiger charge is -2.06. The summed E-state index contributed by atoms with van der Waals surface area (Å²) in [7, 11) is 0. The molecule has 0 aliphatic carbocycles. The Balaban J connectivity index is 1.61. The second kappa shape index (κ2) is 10.0. The molecule has 0 unspecified atom stereocenters. The van der Waals surface area contributed by atoms with Crippen LogP contribution in [0.3, 0.4) is 0 Å². The first-order chi connectivity index (χ1) is 15.3. The third kappa shape index (κ3) is 5.79. The number of benzene rings is 3. The summed E-state index contributed by atoms with van der Waals surface area (Å²) in [6.45, 7) is 3.42. The van der Waals surface area contributed by atoms with Crippen molar-refractivity contribution in [2.75, 3.05) is 0 Å². The number of nitrogens with one attached hydrogen (secondary N) is 2. The predicted molar refractivity (Wildman–Crippen MR) is 122 cm³/mol. The fourth-order valence-electron chi connectivity index (χ4n) is 2.76. The van der Waals surface area contributed by atoms with E-state index in [1.54, 1.807) is 62.4 Å². The Bertz CT molecular complexity index is 1110. The van der Waals surface area contributed by atoms with Crippen LogP contribution in [0, 0.1) is 0 Å². The maximum Gasteiger partial charge on any atom is 0.271 e. The molecular formula is C24H22N4O4. The van der Waals surface area contributed by atoms with Crippen molar-refractivity contribution in [1.82, 2.24) is 10.9 Å². The normalized spacial score (nSPS) is 11.7. The third-order valence-corrected chi connectivity index (χ3v) is 4.59. The number of hydrogen-bond acceptors (Lipinski definition) is 6. The number of phenolic OH excluding ortho intramolecular Hbond substituents is 2. The van der Waals surface area contributed by atoms with E-state index in [2.05, 4.69) is 21.1 Å². The summed E-state index contributed by atoms with van der Waals surface area (Å²) in [6, 6.07) is 19.1. The van der Waals surface area contributed by atoms with Gasteiger partial charge in [-0.3, -0.25) is 9.59 Å². The minimum Gasteiger partial charge on any atom is -0.508 e. The van der Waals surface area contributed by atoms with Crippen molar-refractivity contribution in [1.29, 1.82) is 0 Å². The molecule has 8 nitrogen and oxygen atoms in total. The van der Waals surface area contributed by atoms with E-state index >= 15 is 0 Å². The highest BCUT2D eigenvalue weighted by atomic mass is 16.3. The molecule has 0 radical (unpaired) electrons. The molecule has 0 fully saturated rings. The van der Waals surface area contributed by atoms with E-state index in [1.165, 1.54) is 24.3 Å². The fourth-order valence-corrected chi connectivity index (χ4v) is 2.76. The van der Waals surface area contributed by atoms with Crippen molar-refractivity contribution in [3.8, 4) is 11.5 Å². The zero-order chi connectivity index (χ0) is 23.1. The van der Waals surface area contributed by atoms with Crippen LogP contribution in [0.15, 0.2) is 83.0 Å². The Hall–Kier alpha value is -4.46. The minimum absolute atomic E-state index is 0.110. The SMILES string of the molecule is C/C(=N\NC(=O)c1ccc(C(=O)N/N=C(\C)c2cccc(O)c2)cc1)c1cccc(O)c1. The van der Waals surface area contributed by atoms with Gasteiger partial charge in [0.05, 0.1) is 11.4 Å². The molecule has 0 aliphatic heterocycles. The van der Waals surface area contributed by atoms with E-state index in [0.29, 0.717) is 33.7 Å². The number of carbonyl (C=O) groups is 2. The molecule has 0 bridgehead atoms. The number of rotatable bonds is 6. The van der Waals surface area contributed by atoms with Gasteiger partial charge in [-0.15, -0.1) is 0 Å². The van der Waals surface area contributed by atoms with E-state index in [9.17, 15) is 19.8 Å². The van der Waals surface area contributed by atoms with Gasteiger partial charge in [-0.05, 0) is 62.4 Å². The summed E-state index contributed by atoms with van der Waals surface area (Å²) in [6.07, 6.45) is 0. The smallest absolute Gasteiger partial charge is 0.271 e. The molecule has 4 N–H and O–H groups in total. The van der Waals surface area contributed by atoms with Crippen molar-refractivity contribution < 1.29 is 19.8 Å². The van der Waals surface area contributed by atoms with Gasteiger partial charge in [0.1, 0.15) is 11.5 Å². The van der Waals surface area contributed by atoms with Crippen LogP contribution in [-0.4, -0.2) is 33.5 Å². The summed E-state index contributed by atoms with van der Waals surface area (Å²) >= 11 is 0. The summed E-state index contributed by atoms with van der Waals surface area (Å²) in [4.78, 5) is 24.6. The molecule has 3 aromatic carbocycles. The summed E-state index contributed by atoms with van der Waals surface area (Å²) in [5.74, 6) is -0.652. The lowest BCUT2D eigenvalue weighted by atomic mass is 10.1. The Morgan fingerprint density at radius 3 is 1.34 bits per heavy atom. The van der Waals surface area contributed by atoms with Crippen molar-refractivity contribution in [3.05, 3.63) is 95.1 Å². The van der Waals surface area contributed by atoms with Crippen molar-refractivity contribution in [3.63, 3.8) is 0 Å². The highest BCUT2D eigenvalue weighted by Gasteiger charge is 2.09. The van der Waals surface area contributed by atoms with Gasteiger partial charge in [0, 0.05) is 22.3 Å². The van der Waals surface area contributed by atoms with Gasteiger partial charge in [-0.25, -0.2) is 10.9 Å². The molecule has 0 atom stereocenters. The van der Waals surface area contributed by atoms with Gasteiger partial charge in [0.2, 0.25) is 0 Å². The number of phenols is 2. The molecule has 8 heteroatoms. The van der Waals surface area contributed by atoms with Crippen molar-refractivity contribution in [2.45, 2.75) is 13.8 Å². The van der Waals surface area contributed by atoms with Crippen LogP contribution in [-0.2, 0) is 0 Å². The van der Waals surface area contributed by atoms with Crippen LogP contribution in [0.4, 0.5) is 0 Å². The Kier molecular flexibility index (Phi) is 6.97. The standard InChI is InChI=1S/C24H22N4O4/c1-15(19-5-3-7-21(29)13-19)25-27-23(31)17-9-11-18(12-10-17)24(32)28-26-16(2)20-6-4-8-22(30)14-20/h3-14,29-30H,1-2H3,(H,27,31)(H,28,32)/b25-15+,26-16+. The first kappa shape index (κ1) is 22.2. The number of hydrogen-bond donors (Lipinski definition) is 4. The van der Waals surface area contributed by atoms with Crippen molar-refractivity contribution in [2.24, 2.45) is 10.2 Å². The molecule has 3 rings (SSSR count). The topological polar surface area (TPSA) is 123 Å². The average Bonchev–Trinajstić information content (AvgIpc) is 2.80. The number of amides is 2. The zero-order valence-corrected chi connectivity index (χ0v) is 17.5. The van der Waals surface area contributed by atoms with Gasteiger partial charge in [-0.1, -0.05) is 24.3 Å². The van der Waals surface area contributed by atoms with Crippen LogP contribution < -0.4 is 10.9 Å². The molecule has 32 heavy (non-hydrogen) atoms. The largest absolute Gasteiger partial charge is 0.508 e. The predicted octanol–water partition coefficient (Wildman–Crippen LogP) is 3.41. The van der Waals surface area contributed by atoms with Gasteiger partial charge < -0.3 is 10.2 Å². The van der Waals surface area contributed by atoms with Gasteiger partial charge in [0.15, 0.2) is 0 Å². The Labute approximate surface area is 184 Å². The molecule has 0 spiro atoms. The van der Waals surface area contributed by atoms with E-state index < -0.39 is 11.8 Å². The number of nitrogens with zero attached hydrogens (tertiary/aromatic N) is 2. The van der Waals surface area contributed by atoms with Gasteiger partial charge in [0.25, 0.3) is 11.8 Å². The van der Waals surface area contributed by atoms with Crippen LogP contribution >= 0.6 is 0 Å². The number of aromatic hydroxyl groups is 2. The second-order valence-electron chi connectivity index (χ2n) is 6.95. The number of hydrazone groups is 2. The quantitative estimate of drug-likeness (QED) is 0.353. The minimum atomic E-state index is -0.436. The Morgan fingerprint density at radius 2 is 1.00 bits per heavy atom. The van der Waals surface area contributed by atoms with Gasteiger partial charge >= 0.3 is 0 Å². The monoisotopic (exact) mass is 430 g/mol. The first-order valence-electron chi connectivity index (χ1n) is 9.71. The fraction of sp³-hybridized carbons (Fsp3) is 0.0833. The zero-order valence-electron chi connectivity index (χ0n) is 17.5. The lowest BCUT2D eigenvalue weighted by Crippen LogP contribution is -2.21. The first-order valence-corrected chi connectivity index (χ1v) is 9.71. The highest BCUT2D eigenvalue weighted by molar-refractivity contribution is 6.02. The average molecular weight is 430 g/mol. The van der Waals surface area contributed by atoms with E-state index in [0.717, 1.165) is 0 Å². The van der Waals surface area contributed by atoms with Gasteiger partial charge in [-0.2, -0.15) is 10.2 Å². The number of carbonyl (C=O) groups excluding carboxylic acids is 2. The van der Waals surface area contributed by atoms with E-state index in [4.69, 9.17) is 0 Å². The molecule has 0 saturated heterocycles. The molecule has 3 aromatic rings.